The standard InChI is InChI=1S/C12H18BrNOS/c1-9(15)11-8-10(13)4-5-12(11)16-7-6-14(2)3/h4-5,8-9,15H,6-7H2,1-3H3. The molecule has 1 atom stereocenters. The molecule has 0 amide bonds. The first-order chi connectivity index (χ1) is 7.50. The van der Waals surface area contributed by atoms with Gasteiger partial charge in [0.25, 0.3) is 0 Å². The van der Waals surface area contributed by atoms with Gasteiger partial charge in [0.15, 0.2) is 0 Å². The molecular weight excluding hydrogens is 286 g/mol. The first kappa shape index (κ1) is 14.0. The van der Waals surface area contributed by atoms with E-state index >= 15 is 0 Å². The summed E-state index contributed by atoms with van der Waals surface area (Å²) >= 11 is 5.22. The minimum Gasteiger partial charge on any atom is -0.389 e. The van der Waals surface area contributed by atoms with E-state index in [1.54, 1.807) is 18.7 Å². The van der Waals surface area contributed by atoms with Gasteiger partial charge in [-0.25, -0.2) is 0 Å². The summed E-state index contributed by atoms with van der Waals surface area (Å²) in [5, 5.41) is 9.69. The fourth-order valence-electron chi connectivity index (χ4n) is 1.32. The normalized spacial score (nSPS) is 13.1. The largest absolute Gasteiger partial charge is 0.389 e. The summed E-state index contributed by atoms with van der Waals surface area (Å²) in [6.07, 6.45) is -0.417. The average molecular weight is 304 g/mol. The van der Waals surface area contributed by atoms with E-state index in [9.17, 15) is 5.11 Å². The molecule has 90 valence electrons. The number of hydrogen-bond donors (Lipinski definition) is 1. The van der Waals surface area contributed by atoms with Crippen molar-refractivity contribution in [2.24, 2.45) is 0 Å². The van der Waals surface area contributed by atoms with Crippen molar-refractivity contribution >= 4 is 27.7 Å². The van der Waals surface area contributed by atoms with Crippen molar-refractivity contribution in [2.45, 2.75) is 17.9 Å². The molecule has 1 aromatic carbocycles. The summed E-state index contributed by atoms with van der Waals surface area (Å²) in [6.45, 7) is 2.84. The number of aliphatic hydroxyl groups is 1. The van der Waals surface area contributed by atoms with E-state index in [0.29, 0.717) is 0 Å². The molecule has 0 bridgehead atoms. The van der Waals surface area contributed by atoms with Gasteiger partial charge in [-0.05, 0) is 44.8 Å². The lowest BCUT2D eigenvalue weighted by Crippen LogP contribution is -2.14. The SMILES string of the molecule is CC(O)c1cc(Br)ccc1SCCN(C)C. The Kier molecular flexibility index (Phi) is 5.83. The van der Waals surface area contributed by atoms with Crippen LogP contribution in [0.5, 0.6) is 0 Å². The molecule has 0 radical (unpaired) electrons. The number of aliphatic hydroxyl groups excluding tert-OH is 1. The molecule has 0 fully saturated rings. The monoisotopic (exact) mass is 303 g/mol. The van der Waals surface area contributed by atoms with E-state index in [-0.39, 0.29) is 0 Å². The van der Waals surface area contributed by atoms with Crippen LogP contribution in [0.2, 0.25) is 0 Å². The number of halogens is 1. The van der Waals surface area contributed by atoms with Gasteiger partial charge in [0, 0.05) is 21.7 Å². The van der Waals surface area contributed by atoms with Gasteiger partial charge in [0.1, 0.15) is 0 Å². The van der Waals surface area contributed by atoms with Gasteiger partial charge in [-0.3, -0.25) is 0 Å². The van der Waals surface area contributed by atoms with Crippen LogP contribution in [-0.2, 0) is 0 Å². The minimum absolute atomic E-state index is 0.417. The molecule has 1 rings (SSSR count). The van der Waals surface area contributed by atoms with E-state index in [2.05, 4.69) is 41.0 Å². The number of hydrogen-bond acceptors (Lipinski definition) is 3. The van der Waals surface area contributed by atoms with Gasteiger partial charge in [-0.1, -0.05) is 15.9 Å². The molecule has 0 saturated heterocycles. The molecule has 2 nitrogen and oxygen atoms in total. The Morgan fingerprint density at radius 2 is 2.12 bits per heavy atom. The molecular formula is C12H18BrNOS. The van der Waals surface area contributed by atoms with Crippen LogP contribution in [0, 0.1) is 0 Å². The lowest BCUT2D eigenvalue weighted by molar-refractivity contribution is 0.196. The zero-order chi connectivity index (χ0) is 12.1. The molecule has 0 aliphatic carbocycles. The second kappa shape index (κ2) is 6.64. The van der Waals surface area contributed by atoms with Crippen molar-refractivity contribution < 1.29 is 5.11 Å². The summed E-state index contributed by atoms with van der Waals surface area (Å²) < 4.78 is 1.01. The number of rotatable bonds is 5. The Bertz CT molecular complexity index is 342. The predicted octanol–water partition coefficient (Wildman–Crippen LogP) is 3.16. The third kappa shape index (κ3) is 4.45. The molecule has 0 heterocycles. The number of thioether (sulfide) groups is 1. The van der Waals surface area contributed by atoms with Crippen molar-refractivity contribution in [2.75, 3.05) is 26.4 Å². The molecule has 1 aromatic rings. The summed E-state index contributed by atoms with van der Waals surface area (Å²) in [6, 6.07) is 6.07. The van der Waals surface area contributed by atoms with E-state index in [4.69, 9.17) is 0 Å². The lowest BCUT2D eigenvalue weighted by atomic mass is 10.1. The minimum atomic E-state index is -0.417. The van der Waals surface area contributed by atoms with Gasteiger partial charge >= 0.3 is 0 Å². The Hall–Kier alpha value is -0.0300. The van der Waals surface area contributed by atoms with Gasteiger partial charge < -0.3 is 10.0 Å². The maximum atomic E-state index is 9.69. The molecule has 0 aliphatic rings. The number of nitrogens with zero attached hydrogens (tertiary/aromatic N) is 1. The van der Waals surface area contributed by atoms with Gasteiger partial charge in [0.05, 0.1) is 6.10 Å². The third-order valence-corrected chi connectivity index (χ3v) is 3.78. The molecule has 0 saturated carbocycles. The summed E-state index contributed by atoms with van der Waals surface area (Å²) in [4.78, 5) is 3.33. The molecule has 0 spiro atoms. The smallest absolute Gasteiger partial charge is 0.0773 e. The highest BCUT2D eigenvalue weighted by molar-refractivity contribution is 9.10. The molecule has 0 aliphatic heterocycles. The fourth-order valence-corrected chi connectivity index (χ4v) is 2.93. The van der Waals surface area contributed by atoms with Crippen molar-refractivity contribution in [3.63, 3.8) is 0 Å². The molecule has 1 unspecified atom stereocenters. The summed E-state index contributed by atoms with van der Waals surface area (Å²) in [5.74, 6) is 1.04. The third-order valence-electron chi connectivity index (χ3n) is 2.22. The number of benzene rings is 1. The first-order valence-corrected chi connectivity index (χ1v) is 7.03. The second-order valence-electron chi connectivity index (χ2n) is 4.01. The zero-order valence-corrected chi connectivity index (χ0v) is 12.3. The predicted molar refractivity (Wildman–Crippen MR) is 74.1 cm³/mol. The Balaban J connectivity index is 2.71. The van der Waals surface area contributed by atoms with E-state index in [1.165, 1.54) is 4.90 Å². The van der Waals surface area contributed by atoms with Crippen LogP contribution in [0.1, 0.15) is 18.6 Å². The quantitative estimate of drug-likeness (QED) is 0.845. The van der Waals surface area contributed by atoms with Crippen LogP contribution >= 0.6 is 27.7 Å². The second-order valence-corrected chi connectivity index (χ2v) is 6.06. The van der Waals surface area contributed by atoms with Crippen molar-refractivity contribution in [3.8, 4) is 0 Å². The van der Waals surface area contributed by atoms with E-state index in [0.717, 1.165) is 22.3 Å². The summed E-state index contributed by atoms with van der Waals surface area (Å²) in [5.41, 5.74) is 0.998. The van der Waals surface area contributed by atoms with Crippen molar-refractivity contribution in [1.82, 2.24) is 4.90 Å². The van der Waals surface area contributed by atoms with Crippen LogP contribution in [-0.4, -0.2) is 36.4 Å². The molecule has 4 heteroatoms. The lowest BCUT2D eigenvalue weighted by Gasteiger charge is -2.13. The van der Waals surface area contributed by atoms with E-state index < -0.39 is 6.10 Å². The van der Waals surface area contributed by atoms with Gasteiger partial charge in [-0.15, -0.1) is 11.8 Å². The maximum absolute atomic E-state index is 9.69. The van der Waals surface area contributed by atoms with Gasteiger partial charge in [-0.2, -0.15) is 0 Å². The van der Waals surface area contributed by atoms with Crippen molar-refractivity contribution in [1.29, 1.82) is 0 Å². The first-order valence-electron chi connectivity index (χ1n) is 5.25. The van der Waals surface area contributed by atoms with Gasteiger partial charge in [0.2, 0.25) is 0 Å². The highest BCUT2D eigenvalue weighted by Gasteiger charge is 2.08. The van der Waals surface area contributed by atoms with Crippen LogP contribution in [0.25, 0.3) is 0 Å². The van der Waals surface area contributed by atoms with E-state index in [1.807, 2.05) is 12.1 Å². The summed E-state index contributed by atoms with van der Waals surface area (Å²) in [7, 11) is 4.13. The Morgan fingerprint density at radius 3 is 2.69 bits per heavy atom. The highest BCUT2D eigenvalue weighted by Crippen LogP contribution is 2.30. The molecule has 16 heavy (non-hydrogen) atoms. The molecule has 0 aromatic heterocycles. The van der Waals surface area contributed by atoms with Crippen LogP contribution < -0.4 is 0 Å². The van der Waals surface area contributed by atoms with Crippen LogP contribution in [0.3, 0.4) is 0 Å². The fraction of sp³-hybridized carbons (Fsp3) is 0.500. The van der Waals surface area contributed by atoms with Crippen LogP contribution in [0.4, 0.5) is 0 Å². The zero-order valence-electron chi connectivity index (χ0n) is 9.90. The highest BCUT2D eigenvalue weighted by atomic mass is 79.9. The maximum Gasteiger partial charge on any atom is 0.0773 e. The van der Waals surface area contributed by atoms with Crippen molar-refractivity contribution in [3.05, 3.63) is 28.2 Å². The Morgan fingerprint density at radius 1 is 1.44 bits per heavy atom. The topological polar surface area (TPSA) is 23.5 Å². The average Bonchev–Trinajstić information content (AvgIpc) is 2.19. The Labute approximate surface area is 110 Å². The van der Waals surface area contributed by atoms with Crippen LogP contribution in [0.15, 0.2) is 27.6 Å². The molecule has 1 N–H and O–H groups in total.